The van der Waals surface area contributed by atoms with E-state index in [-0.39, 0.29) is 23.5 Å². The number of nitrogens with zero attached hydrogens (tertiary/aromatic N) is 2. The molecular weight excluding hydrogens is 282 g/mol. The van der Waals surface area contributed by atoms with Gasteiger partial charge in [-0.1, -0.05) is 6.92 Å². The number of H-pyrrole nitrogens is 1. The topological polar surface area (TPSA) is 78.5 Å². The summed E-state index contributed by atoms with van der Waals surface area (Å²) in [5, 5.41) is 17.2. The van der Waals surface area contributed by atoms with Crippen LogP contribution in [0.1, 0.15) is 49.3 Å². The number of aromatic nitrogens is 2. The number of aromatic amines is 1. The first kappa shape index (κ1) is 15.5. The van der Waals surface area contributed by atoms with Gasteiger partial charge in [0.1, 0.15) is 5.69 Å². The molecule has 2 fully saturated rings. The molecule has 6 heteroatoms. The van der Waals surface area contributed by atoms with E-state index in [1.165, 1.54) is 0 Å². The van der Waals surface area contributed by atoms with Gasteiger partial charge in [-0.15, -0.1) is 0 Å². The summed E-state index contributed by atoms with van der Waals surface area (Å²) in [5.74, 6) is -0.0208. The normalized spacial score (nSPS) is 27.0. The smallest absolute Gasteiger partial charge is 0.274 e. The van der Waals surface area contributed by atoms with Crippen molar-refractivity contribution in [2.45, 2.75) is 51.7 Å². The molecule has 1 saturated carbocycles. The lowest BCUT2D eigenvalue weighted by atomic mass is 9.58. The highest BCUT2D eigenvalue weighted by Gasteiger charge is 2.56. The zero-order valence-corrected chi connectivity index (χ0v) is 13.3. The molecule has 1 amide bonds. The van der Waals surface area contributed by atoms with Gasteiger partial charge in [0.15, 0.2) is 0 Å². The van der Waals surface area contributed by atoms with Crippen molar-refractivity contribution in [2.75, 3.05) is 19.7 Å². The van der Waals surface area contributed by atoms with E-state index in [1.54, 1.807) is 0 Å². The van der Waals surface area contributed by atoms with E-state index in [4.69, 9.17) is 4.74 Å². The van der Waals surface area contributed by atoms with Crippen molar-refractivity contribution in [3.05, 3.63) is 17.5 Å². The van der Waals surface area contributed by atoms with Gasteiger partial charge in [0, 0.05) is 37.2 Å². The fraction of sp³-hybridized carbons (Fsp3) is 0.750. The molecule has 2 atom stereocenters. The van der Waals surface area contributed by atoms with Crippen LogP contribution in [-0.2, 0) is 11.2 Å². The fourth-order valence-corrected chi connectivity index (χ4v) is 3.76. The number of likely N-dealkylation sites (tertiary alicyclic amines) is 1. The number of carbonyl (C=O) groups excluding carboxylic acids is 1. The lowest BCUT2D eigenvalue weighted by molar-refractivity contribution is -0.207. The van der Waals surface area contributed by atoms with Gasteiger partial charge in [-0.25, -0.2) is 0 Å². The molecule has 1 saturated heterocycles. The van der Waals surface area contributed by atoms with Crippen LogP contribution in [0.25, 0.3) is 0 Å². The second-order valence-electron chi connectivity index (χ2n) is 6.35. The van der Waals surface area contributed by atoms with Crippen molar-refractivity contribution in [3.8, 4) is 0 Å². The Balaban J connectivity index is 1.62. The van der Waals surface area contributed by atoms with Crippen molar-refractivity contribution < 1.29 is 14.6 Å². The predicted octanol–water partition coefficient (Wildman–Crippen LogP) is 1.36. The molecule has 1 aromatic heterocycles. The molecular formula is C16H25N3O3. The Labute approximate surface area is 130 Å². The Bertz CT molecular complexity index is 532. The van der Waals surface area contributed by atoms with E-state index in [2.05, 4.69) is 10.2 Å². The largest absolute Gasteiger partial charge is 0.392 e. The van der Waals surface area contributed by atoms with Crippen LogP contribution in [0.3, 0.4) is 0 Å². The van der Waals surface area contributed by atoms with Crippen LogP contribution in [0, 0.1) is 5.41 Å². The second-order valence-corrected chi connectivity index (χ2v) is 6.35. The zero-order valence-electron chi connectivity index (χ0n) is 13.3. The predicted molar refractivity (Wildman–Crippen MR) is 81.6 cm³/mol. The van der Waals surface area contributed by atoms with Crippen LogP contribution >= 0.6 is 0 Å². The summed E-state index contributed by atoms with van der Waals surface area (Å²) in [6.07, 6.45) is 3.01. The average molecular weight is 307 g/mol. The average Bonchev–Trinajstić information content (AvgIpc) is 3.03. The maximum absolute atomic E-state index is 12.5. The lowest BCUT2D eigenvalue weighted by Crippen LogP contribution is -2.62. The molecule has 1 aromatic rings. The van der Waals surface area contributed by atoms with E-state index in [0.717, 1.165) is 31.4 Å². The third kappa shape index (κ3) is 2.44. The van der Waals surface area contributed by atoms with Crippen molar-refractivity contribution in [2.24, 2.45) is 5.41 Å². The van der Waals surface area contributed by atoms with E-state index in [9.17, 15) is 9.90 Å². The van der Waals surface area contributed by atoms with Crippen LogP contribution in [0.2, 0.25) is 0 Å². The van der Waals surface area contributed by atoms with Crippen LogP contribution in [0.15, 0.2) is 6.07 Å². The number of aliphatic hydroxyl groups is 1. The van der Waals surface area contributed by atoms with Gasteiger partial charge in [-0.2, -0.15) is 5.10 Å². The van der Waals surface area contributed by atoms with Crippen LogP contribution in [0.4, 0.5) is 0 Å². The molecule has 122 valence electrons. The van der Waals surface area contributed by atoms with E-state index < -0.39 is 0 Å². The number of aliphatic hydroxyl groups excluding tert-OH is 1. The van der Waals surface area contributed by atoms with E-state index in [1.807, 2.05) is 24.8 Å². The zero-order chi connectivity index (χ0) is 15.7. The quantitative estimate of drug-likeness (QED) is 0.880. The fourth-order valence-electron chi connectivity index (χ4n) is 3.76. The van der Waals surface area contributed by atoms with Crippen molar-refractivity contribution in [1.82, 2.24) is 15.1 Å². The third-order valence-corrected chi connectivity index (χ3v) is 5.32. The summed E-state index contributed by atoms with van der Waals surface area (Å²) >= 11 is 0. The maximum Gasteiger partial charge on any atom is 0.274 e. The number of carbonyl (C=O) groups is 1. The molecule has 2 heterocycles. The standard InChI is InChI=1S/C16H25N3O3/c1-3-11-9-12(18-17-11)15(21)19-7-5-16(6-8-19)13(20)10-14(16)22-4-2/h9,13-14,20H,3-8,10H2,1-2H3,(H,17,18). The van der Waals surface area contributed by atoms with Gasteiger partial charge < -0.3 is 14.7 Å². The number of aryl methyl sites for hydroxylation is 1. The molecule has 2 aliphatic rings. The van der Waals surface area contributed by atoms with Gasteiger partial charge in [-0.3, -0.25) is 9.89 Å². The molecule has 3 rings (SSSR count). The minimum Gasteiger partial charge on any atom is -0.392 e. The van der Waals surface area contributed by atoms with Crippen LogP contribution < -0.4 is 0 Å². The molecule has 2 N–H and O–H groups in total. The highest BCUT2D eigenvalue weighted by molar-refractivity contribution is 5.92. The van der Waals surface area contributed by atoms with E-state index in [0.29, 0.717) is 25.4 Å². The second kappa shape index (κ2) is 6.01. The Morgan fingerprint density at radius 1 is 1.50 bits per heavy atom. The summed E-state index contributed by atoms with van der Waals surface area (Å²) in [6.45, 7) is 6.01. The molecule has 0 bridgehead atoms. The number of amides is 1. The van der Waals surface area contributed by atoms with Gasteiger partial charge >= 0.3 is 0 Å². The molecule has 22 heavy (non-hydrogen) atoms. The molecule has 2 unspecified atom stereocenters. The molecule has 0 radical (unpaired) electrons. The summed E-state index contributed by atoms with van der Waals surface area (Å²) in [6, 6.07) is 1.83. The number of piperidine rings is 1. The van der Waals surface area contributed by atoms with Crippen molar-refractivity contribution in [1.29, 1.82) is 0 Å². The first-order valence-corrected chi connectivity index (χ1v) is 8.24. The number of hydrogen-bond donors (Lipinski definition) is 2. The molecule has 0 aromatic carbocycles. The number of nitrogens with one attached hydrogen (secondary N) is 1. The highest BCUT2D eigenvalue weighted by Crippen LogP contribution is 2.51. The summed E-state index contributed by atoms with van der Waals surface area (Å²) in [5.41, 5.74) is 1.32. The van der Waals surface area contributed by atoms with Crippen LogP contribution in [0.5, 0.6) is 0 Å². The maximum atomic E-state index is 12.5. The summed E-state index contributed by atoms with van der Waals surface area (Å²) in [4.78, 5) is 14.3. The van der Waals surface area contributed by atoms with Gasteiger partial charge in [0.05, 0.1) is 12.2 Å². The molecule has 1 spiro atoms. The monoisotopic (exact) mass is 307 g/mol. The SMILES string of the molecule is CCOC1CC(O)C12CCN(C(=O)c1cc(CC)[nH]n1)CC2. The lowest BCUT2D eigenvalue weighted by Gasteiger charge is -2.56. The Hall–Kier alpha value is -1.40. The minimum absolute atomic E-state index is 0.0208. The van der Waals surface area contributed by atoms with Gasteiger partial charge in [-0.05, 0) is 32.3 Å². The molecule has 1 aliphatic carbocycles. The number of hydrogen-bond acceptors (Lipinski definition) is 4. The Morgan fingerprint density at radius 2 is 2.23 bits per heavy atom. The van der Waals surface area contributed by atoms with Gasteiger partial charge in [0.25, 0.3) is 5.91 Å². The van der Waals surface area contributed by atoms with Crippen molar-refractivity contribution in [3.63, 3.8) is 0 Å². The highest BCUT2D eigenvalue weighted by atomic mass is 16.5. The number of rotatable bonds is 4. The first-order valence-electron chi connectivity index (χ1n) is 8.24. The van der Waals surface area contributed by atoms with E-state index >= 15 is 0 Å². The Morgan fingerprint density at radius 3 is 2.77 bits per heavy atom. The first-order chi connectivity index (χ1) is 10.6. The van der Waals surface area contributed by atoms with Crippen LogP contribution in [-0.4, -0.2) is 58.0 Å². The number of ether oxygens (including phenoxy) is 1. The van der Waals surface area contributed by atoms with Gasteiger partial charge in [0.2, 0.25) is 0 Å². The Kier molecular flexibility index (Phi) is 4.23. The van der Waals surface area contributed by atoms with Crippen molar-refractivity contribution >= 4 is 5.91 Å². The summed E-state index contributed by atoms with van der Waals surface area (Å²) in [7, 11) is 0. The third-order valence-electron chi connectivity index (χ3n) is 5.32. The summed E-state index contributed by atoms with van der Waals surface area (Å²) < 4.78 is 5.76. The molecule has 6 nitrogen and oxygen atoms in total. The molecule has 1 aliphatic heterocycles. The minimum atomic E-state index is -0.293.